The number of aromatic nitrogens is 1. The van der Waals surface area contributed by atoms with Crippen molar-refractivity contribution in [2.75, 3.05) is 13.2 Å². The lowest BCUT2D eigenvalue weighted by Crippen LogP contribution is -2.13. The van der Waals surface area contributed by atoms with Crippen LogP contribution in [-0.2, 0) is 9.47 Å². The molecule has 134 valence electrons. The lowest BCUT2D eigenvalue weighted by atomic mass is 10.0. The number of hydrogen-bond donors (Lipinski definition) is 0. The van der Waals surface area contributed by atoms with Crippen LogP contribution in [0.25, 0.3) is 5.69 Å². The van der Waals surface area contributed by atoms with Gasteiger partial charge in [-0.1, -0.05) is 32.0 Å². The molecule has 5 heteroatoms. The molecule has 0 unspecified atom stereocenters. The molecular formula is C20H25NO4. The lowest BCUT2D eigenvalue weighted by Gasteiger charge is -2.15. The number of esters is 2. The molecule has 0 fully saturated rings. The van der Waals surface area contributed by atoms with E-state index in [1.165, 1.54) is 0 Å². The van der Waals surface area contributed by atoms with Gasteiger partial charge in [0.05, 0.1) is 24.3 Å². The molecule has 0 radical (unpaired) electrons. The van der Waals surface area contributed by atoms with Crippen molar-refractivity contribution in [1.29, 1.82) is 0 Å². The standard InChI is InChI=1S/C20H25NO4/c1-6-24-19(22)16-12-21(14(5)18(16)20(23)25-7-2)17-11-9-8-10-15(17)13(3)4/h8-13H,6-7H2,1-5H3. The van der Waals surface area contributed by atoms with Gasteiger partial charge in [0, 0.05) is 17.6 Å². The van der Waals surface area contributed by atoms with Gasteiger partial charge in [-0.3, -0.25) is 0 Å². The molecule has 0 saturated heterocycles. The van der Waals surface area contributed by atoms with Crippen LogP contribution in [0.15, 0.2) is 30.5 Å². The van der Waals surface area contributed by atoms with Crippen molar-refractivity contribution < 1.29 is 19.1 Å². The fraction of sp³-hybridized carbons (Fsp3) is 0.400. The number of nitrogens with zero attached hydrogens (tertiary/aromatic N) is 1. The SMILES string of the molecule is CCOC(=O)c1cn(-c2ccccc2C(C)C)c(C)c1C(=O)OCC. The van der Waals surface area contributed by atoms with Crippen LogP contribution in [0.1, 0.15) is 65.6 Å². The predicted molar refractivity (Wildman–Crippen MR) is 96.5 cm³/mol. The highest BCUT2D eigenvalue weighted by molar-refractivity contribution is 6.04. The summed E-state index contributed by atoms with van der Waals surface area (Å²) in [5.74, 6) is -0.728. The van der Waals surface area contributed by atoms with Crippen molar-refractivity contribution in [3.8, 4) is 5.69 Å². The van der Waals surface area contributed by atoms with Gasteiger partial charge in [-0.05, 0) is 38.3 Å². The van der Waals surface area contributed by atoms with Crippen molar-refractivity contribution in [1.82, 2.24) is 4.57 Å². The minimum Gasteiger partial charge on any atom is -0.462 e. The molecule has 2 rings (SSSR count). The molecule has 0 aliphatic rings. The maximum absolute atomic E-state index is 12.4. The van der Waals surface area contributed by atoms with Crippen LogP contribution in [0, 0.1) is 6.92 Å². The number of benzene rings is 1. The van der Waals surface area contributed by atoms with E-state index in [0.717, 1.165) is 11.3 Å². The Kier molecular flexibility index (Phi) is 6.02. The molecule has 0 bridgehead atoms. The third-order valence-corrected chi connectivity index (χ3v) is 4.04. The topological polar surface area (TPSA) is 57.5 Å². The molecule has 0 saturated carbocycles. The Hall–Kier alpha value is -2.56. The summed E-state index contributed by atoms with van der Waals surface area (Å²) in [6.07, 6.45) is 1.67. The number of para-hydroxylation sites is 1. The minimum atomic E-state index is -0.519. The number of hydrogen-bond acceptors (Lipinski definition) is 4. The fourth-order valence-corrected chi connectivity index (χ4v) is 2.88. The summed E-state index contributed by atoms with van der Waals surface area (Å²) in [4.78, 5) is 24.8. The highest BCUT2D eigenvalue weighted by Crippen LogP contribution is 2.28. The molecule has 5 nitrogen and oxygen atoms in total. The molecule has 1 heterocycles. The number of ether oxygens (including phenoxy) is 2. The van der Waals surface area contributed by atoms with E-state index in [9.17, 15) is 9.59 Å². The maximum atomic E-state index is 12.4. The van der Waals surface area contributed by atoms with Crippen LogP contribution >= 0.6 is 0 Å². The van der Waals surface area contributed by atoms with E-state index < -0.39 is 11.9 Å². The Morgan fingerprint density at radius 3 is 2.24 bits per heavy atom. The molecule has 2 aromatic rings. The molecular weight excluding hydrogens is 318 g/mol. The molecule has 25 heavy (non-hydrogen) atoms. The largest absolute Gasteiger partial charge is 0.462 e. The van der Waals surface area contributed by atoms with Gasteiger partial charge in [-0.15, -0.1) is 0 Å². The number of carbonyl (C=O) groups is 2. The van der Waals surface area contributed by atoms with Crippen LogP contribution in [-0.4, -0.2) is 29.7 Å². The molecule has 0 N–H and O–H groups in total. The van der Waals surface area contributed by atoms with Crippen molar-refractivity contribution in [2.24, 2.45) is 0 Å². The van der Waals surface area contributed by atoms with E-state index in [1.54, 1.807) is 20.0 Å². The molecule has 0 atom stereocenters. The van der Waals surface area contributed by atoms with Crippen molar-refractivity contribution >= 4 is 11.9 Å². The molecule has 0 spiro atoms. The van der Waals surface area contributed by atoms with Gasteiger partial charge in [0.1, 0.15) is 0 Å². The van der Waals surface area contributed by atoms with E-state index in [1.807, 2.05) is 35.8 Å². The Labute approximate surface area is 148 Å². The van der Waals surface area contributed by atoms with Crippen molar-refractivity contribution in [3.63, 3.8) is 0 Å². The van der Waals surface area contributed by atoms with Crippen LogP contribution in [0.3, 0.4) is 0 Å². The summed E-state index contributed by atoms with van der Waals surface area (Å²) in [6.45, 7) is 9.99. The van der Waals surface area contributed by atoms with Gasteiger partial charge >= 0.3 is 11.9 Å². The van der Waals surface area contributed by atoms with E-state index in [0.29, 0.717) is 11.6 Å². The van der Waals surface area contributed by atoms with Crippen molar-refractivity contribution in [3.05, 3.63) is 52.8 Å². The zero-order valence-electron chi connectivity index (χ0n) is 15.5. The Morgan fingerprint density at radius 1 is 1.04 bits per heavy atom. The fourth-order valence-electron chi connectivity index (χ4n) is 2.88. The predicted octanol–water partition coefficient (Wildman–Crippen LogP) is 4.26. The second-order valence-electron chi connectivity index (χ2n) is 6.03. The minimum absolute atomic E-state index is 0.233. The molecule has 0 aliphatic heterocycles. The van der Waals surface area contributed by atoms with E-state index >= 15 is 0 Å². The summed E-state index contributed by atoms with van der Waals surface area (Å²) in [6, 6.07) is 7.95. The third-order valence-electron chi connectivity index (χ3n) is 4.04. The maximum Gasteiger partial charge on any atom is 0.340 e. The number of rotatable bonds is 6. The quantitative estimate of drug-likeness (QED) is 0.735. The van der Waals surface area contributed by atoms with Crippen LogP contribution in [0.4, 0.5) is 0 Å². The first-order valence-electron chi connectivity index (χ1n) is 8.57. The Bertz CT molecular complexity index is 774. The summed E-state index contributed by atoms with van der Waals surface area (Å²) in [5, 5.41) is 0. The average Bonchev–Trinajstić information content (AvgIpc) is 2.92. The first-order valence-corrected chi connectivity index (χ1v) is 8.57. The summed E-state index contributed by atoms with van der Waals surface area (Å²) in [7, 11) is 0. The van der Waals surface area contributed by atoms with Gasteiger partial charge in [0.15, 0.2) is 0 Å². The highest BCUT2D eigenvalue weighted by atomic mass is 16.5. The van der Waals surface area contributed by atoms with Crippen LogP contribution < -0.4 is 0 Å². The lowest BCUT2D eigenvalue weighted by molar-refractivity contribution is 0.0479. The van der Waals surface area contributed by atoms with Crippen molar-refractivity contribution in [2.45, 2.75) is 40.5 Å². The second kappa shape index (κ2) is 8.01. The monoisotopic (exact) mass is 343 g/mol. The Morgan fingerprint density at radius 2 is 1.64 bits per heavy atom. The van der Waals surface area contributed by atoms with E-state index in [2.05, 4.69) is 13.8 Å². The number of carbonyl (C=O) groups excluding carboxylic acids is 2. The molecule has 0 aliphatic carbocycles. The zero-order valence-corrected chi connectivity index (χ0v) is 15.5. The molecule has 1 aromatic carbocycles. The van der Waals surface area contributed by atoms with Gasteiger partial charge in [-0.25, -0.2) is 9.59 Å². The molecule has 1 aromatic heterocycles. The Balaban J connectivity index is 2.67. The van der Waals surface area contributed by atoms with Gasteiger partial charge in [0.25, 0.3) is 0 Å². The first-order chi connectivity index (χ1) is 11.9. The average molecular weight is 343 g/mol. The van der Waals surface area contributed by atoms with Gasteiger partial charge < -0.3 is 14.0 Å². The van der Waals surface area contributed by atoms with E-state index in [-0.39, 0.29) is 24.3 Å². The summed E-state index contributed by atoms with van der Waals surface area (Å²) < 4.78 is 12.1. The van der Waals surface area contributed by atoms with Gasteiger partial charge in [-0.2, -0.15) is 0 Å². The first kappa shape index (κ1) is 18.8. The normalized spacial score (nSPS) is 10.8. The highest BCUT2D eigenvalue weighted by Gasteiger charge is 2.27. The van der Waals surface area contributed by atoms with Gasteiger partial charge in [0.2, 0.25) is 0 Å². The van der Waals surface area contributed by atoms with E-state index in [4.69, 9.17) is 9.47 Å². The summed E-state index contributed by atoms with van der Waals surface area (Å²) in [5.41, 5.74) is 3.23. The molecule has 0 amide bonds. The third kappa shape index (κ3) is 3.76. The summed E-state index contributed by atoms with van der Waals surface area (Å²) >= 11 is 0. The van der Waals surface area contributed by atoms with Crippen LogP contribution in [0.5, 0.6) is 0 Å². The van der Waals surface area contributed by atoms with Crippen LogP contribution in [0.2, 0.25) is 0 Å². The smallest absolute Gasteiger partial charge is 0.340 e. The second-order valence-corrected chi connectivity index (χ2v) is 6.03. The zero-order chi connectivity index (χ0) is 18.6.